The van der Waals surface area contributed by atoms with Crippen LogP contribution in [0.5, 0.6) is 11.5 Å². The molecule has 0 amide bonds. The minimum absolute atomic E-state index is 0.126. The number of carbonyl (C=O) groups is 2. The number of hydrogen-bond acceptors (Lipinski definition) is 6. The number of esters is 1. The van der Waals surface area contributed by atoms with Gasteiger partial charge >= 0.3 is 5.97 Å². The largest absolute Gasteiger partial charge is 0.493 e. The monoisotopic (exact) mass is 549 g/mol. The summed E-state index contributed by atoms with van der Waals surface area (Å²) in [5.74, 6) is -0.311. The molecule has 0 fully saturated rings. The van der Waals surface area contributed by atoms with E-state index < -0.39 is 11.9 Å². The molecule has 0 saturated heterocycles. The van der Waals surface area contributed by atoms with E-state index in [0.29, 0.717) is 55.2 Å². The normalized spacial score (nSPS) is 16.1. The van der Waals surface area contributed by atoms with Crippen molar-refractivity contribution in [1.29, 1.82) is 0 Å². The van der Waals surface area contributed by atoms with E-state index in [1.807, 2.05) is 31.2 Å². The van der Waals surface area contributed by atoms with Gasteiger partial charge in [0.25, 0.3) is 0 Å². The number of fused-ring (bicyclic) bond motifs is 2. The van der Waals surface area contributed by atoms with Crippen LogP contribution >= 0.6 is 23.2 Å². The van der Waals surface area contributed by atoms with Gasteiger partial charge in [-0.05, 0) is 43.7 Å². The third kappa shape index (κ3) is 4.55. The Bertz CT molecular complexity index is 1520. The highest BCUT2D eigenvalue weighted by molar-refractivity contribution is 6.35. The molecule has 8 heteroatoms. The van der Waals surface area contributed by atoms with Crippen molar-refractivity contribution in [3.05, 3.63) is 110 Å². The Morgan fingerprint density at radius 2 is 1.76 bits per heavy atom. The zero-order valence-electron chi connectivity index (χ0n) is 21.1. The summed E-state index contributed by atoms with van der Waals surface area (Å²) in [4.78, 5) is 26.8. The first-order chi connectivity index (χ1) is 18.3. The molecule has 1 atom stereocenters. The van der Waals surface area contributed by atoms with E-state index in [4.69, 9.17) is 37.4 Å². The maximum atomic E-state index is 13.6. The van der Waals surface area contributed by atoms with Crippen LogP contribution in [0.15, 0.2) is 77.5 Å². The van der Waals surface area contributed by atoms with Gasteiger partial charge in [-0.3, -0.25) is 4.79 Å². The number of halogens is 2. The topological polar surface area (TPSA) is 73.9 Å². The lowest BCUT2D eigenvalue weighted by atomic mass is 9.79. The molecule has 5 rings (SSSR count). The number of nitrogens with one attached hydrogen (secondary N) is 1. The Morgan fingerprint density at radius 3 is 2.47 bits per heavy atom. The molecule has 0 unspecified atom stereocenters. The lowest BCUT2D eigenvalue weighted by molar-refractivity contribution is -0.138. The highest BCUT2D eigenvalue weighted by Crippen LogP contribution is 2.48. The number of allylic oxidation sites excluding steroid dienone is 2. The van der Waals surface area contributed by atoms with Gasteiger partial charge in [0.05, 0.1) is 25.0 Å². The van der Waals surface area contributed by atoms with Crippen molar-refractivity contribution in [2.45, 2.75) is 26.4 Å². The highest BCUT2D eigenvalue weighted by Gasteiger charge is 2.43. The summed E-state index contributed by atoms with van der Waals surface area (Å²) in [6.07, 6.45) is 0. The van der Waals surface area contributed by atoms with E-state index >= 15 is 0 Å². The molecule has 3 aromatic rings. The van der Waals surface area contributed by atoms with Crippen LogP contribution in [0.4, 0.5) is 0 Å². The van der Waals surface area contributed by atoms with Gasteiger partial charge in [-0.1, -0.05) is 59.6 Å². The van der Waals surface area contributed by atoms with E-state index in [2.05, 4.69) is 5.32 Å². The smallest absolute Gasteiger partial charge is 0.336 e. The van der Waals surface area contributed by atoms with E-state index in [1.165, 1.54) is 7.11 Å². The van der Waals surface area contributed by atoms with E-state index in [1.54, 1.807) is 43.3 Å². The molecule has 0 radical (unpaired) electrons. The first-order valence-electron chi connectivity index (χ1n) is 12.1. The average Bonchev–Trinajstić information content (AvgIpc) is 3.19. The van der Waals surface area contributed by atoms with E-state index in [0.717, 1.165) is 11.1 Å². The molecule has 194 valence electrons. The van der Waals surface area contributed by atoms with Crippen LogP contribution < -0.4 is 14.8 Å². The number of benzene rings is 3. The standard InChI is InChI=1S/C30H25Cl2NO5/c1-4-37-30(35)25-16(2)33-28-20-7-5-6-8-21(20)29(34)27(28)26(25)17-10-12-23(24(13-17)36-3)38-15-18-9-11-19(31)14-22(18)32/h5-14,26,33H,4,15H2,1-3H3/t26-/m0/s1. The van der Waals surface area contributed by atoms with Crippen molar-refractivity contribution in [2.75, 3.05) is 13.7 Å². The highest BCUT2D eigenvalue weighted by atomic mass is 35.5. The van der Waals surface area contributed by atoms with Crippen LogP contribution in [-0.2, 0) is 16.1 Å². The fourth-order valence-electron chi connectivity index (χ4n) is 4.92. The molecule has 6 nitrogen and oxygen atoms in total. The third-order valence-corrected chi connectivity index (χ3v) is 7.25. The summed E-state index contributed by atoms with van der Waals surface area (Å²) >= 11 is 12.3. The van der Waals surface area contributed by atoms with Gasteiger partial charge in [-0.25, -0.2) is 4.79 Å². The van der Waals surface area contributed by atoms with E-state index in [-0.39, 0.29) is 19.0 Å². The van der Waals surface area contributed by atoms with Crippen molar-refractivity contribution in [1.82, 2.24) is 5.32 Å². The molecule has 3 aromatic carbocycles. The van der Waals surface area contributed by atoms with Crippen molar-refractivity contribution in [3.8, 4) is 11.5 Å². The molecule has 1 aliphatic carbocycles. The number of dihydropyridines is 1. The van der Waals surface area contributed by atoms with Crippen LogP contribution in [0.2, 0.25) is 10.0 Å². The summed E-state index contributed by atoms with van der Waals surface area (Å²) in [5, 5.41) is 4.34. The maximum absolute atomic E-state index is 13.6. The second-order valence-electron chi connectivity index (χ2n) is 8.92. The molecular weight excluding hydrogens is 525 g/mol. The molecule has 0 aromatic heterocycles. The van der Waals surface area contributed by atoms with Crippen LogP contribution in [0.1, 0.15) is 46.8 Å². The summed E-state index contributed by atoms with van der Waals surface area (Å²) in [6.45, 7) is 3.99. The summed E-state index contributed by atoms with van der Waals surface area (Å²) in [5.41, 5.74) is 5.11. The van der Waals surface area contributed by atoms with E-state index in [9.17, 15) is 9.59 Å². The Kier molecular flexibility index (Phi) is 7.19. The van der Waals surface area contributed by atoms with Gasteiger partial charge in [0.15, 0.2) is 17.3 Å². The molecule has 1 N–H and O–H groups in total. The molecular formula is C30H25Cl2NO5. The Balaban J connectivity index is 1.56. The molecule has 38 heavy (non-hydrogen) atoms. The van der Waals surface area contributed by atoms with Crippen molar-refractivity contribution >= 4 is 40.7 Å². The molecule has 0 bridgehead atoms. The Hall–Kier alpha value is -3.74. The average molecular weight is 550 g/mol. The van der Waals surface area contributed by atoms with Crippen molar-refractivity contribution in [3.63, 3.8) is 0 Å². The van der Waals surface area contributed by atoms with Gasteiger partial charge in [0, 0.05) is 43.9 Å². The number of Topliss-reactive ketones (excluding diaryl/α,β-unsaturated/α-hetero) is 1. The molecule has 0 spiro atoms. The number of rotatable bonds is 7. The molecule has 1 aliphatic heterocycles. The predicted molar refractivity (Wildman–Crippen MR) is 147 cm³/mol. The van der Waals surface area contributed by atoms with Gasteiger partial charge in [-0.15, -0.1) is 0 Å². The Morgan fingerprint density at radius 1 is 1.00 bits per heavy atom. The third-order valence-electron chi connectivity index (χ3n) is 6.66. The molecule has 2 aliphatic rings. The first-order valence-corrected chi connectivity index (χ1v) is 12.9. The summed E-state index contributed by atoms with van der Waals surface area (Å²) in [6, 6.07) is 18.0. The van der Waals surface area contributed by atoms with Crippen LogP contribution in [-0.4, -0.2) is 25.5 Å². The van der Waals surface area contributed by atoms with Gasteiger partial charge in [0.2, 0.25) is 0 Å². The summed E-state index contributed by atoms with van der Waals surface area (Å²) < 4.78 is 17.1. The van der Waals surface area contributed by atoms with Crippen LogP contribution in [0.25, 0.3) is 5.70 Å². The number of ether oxygens (including phenoxy) is 3. The second kappa shape index (κ2) is 10.6. The molecule has 0 saturated carbocycles. The number of ketones is 1. The number of carbonyl (C=O) groups excluding carboxylic acids is 2. The van der Waals surface area contributed by atoms with Crippen molar-refractivity contribution in [2.24, 2.45) is 0 Å². The van der Waals surface area contributed by atoms with Crippen LogP contribution in [0, 0.1) is 0 Å². The minimum atomic E-state index is -0.654. The zero-order valence-corrected chi connectivity index (χ0v) is 22.6. The number of methoxy groups -OCH3 is 1. The number of hydrogen-bond donors (Lipinski definition) is 1. The minimum Gasteiger partial charge on any atom is -0.493 e. The van der Waals surface area contributed by atoms with Gasteiger partial charge in [-0.2, -0.15) is 0 Å². The predicted octanol–water partition coefficient (Wildman–Crippen LogP) is 6.71. The van der Waals surface area contributed by atoms with Crippen LogP contribution in [0.3, 0.4) is 0 Å². The lowest BCUT2D eigenvalue weighted by Crippen LogP contribution is -2.29. The first kappa shape index (κ1) is 25.9. The fourth-order valence-corrected chi connectivity index (χ4v) is 5.38. The molecule has 1 heterocycles. The lowest BCUT2D eigenvalue weighted by Gasteiger charge is -2.29. The van der Waals surface area contributed by atoms with Crippen molar-refractivity contribution < 1.29 is 23.8 Å². The Labute approximate surface area is 230 Å². The quantitative estimate of drug-likeness (QED) is 0.330. The summed E-state index contributed by atoms with van der Waals surface area (Å²) in [7, 11) is 1.54. The maximum Gasteiger partial charge on any atom is 0.336 e. The van der Waals surface area contributed by atoms with Gasteiger partial charge < -0.3 is 19.5 Å². The van der Waals surface area contributed by atoms with Gasteiger partial charge in [0.1, 0.15) is 6.61 Å². The SMILES string of the molecule is CCOC(=O)C1=C(C)NC2=C(C(=O)c3ccccc32)[C@H]1c1ccc(OCc2ccc(Cl)cc2Cl)c(OC)c1. The zero-order chi connectivity index (χ0) is 27.0. The fraction of sp³-hybridized carbons (Fsp3) is 0.200. The second-order valence-corrected chi connectivity index (χ2v) is 9.76.